The predicted molar refractivity (Wildman–Crippen MR) is 77.8 cm³/mol. The molecular weight excluding hydrogens is 290 g/mol. The summed E-state index contributed by atoms with van der Waals surface area (Å²) in [5.41, 5.74) is 1.05. The molecule has 110 valence electrons. The van der Waals surface area contributed by atoms with E-state index in [1.165, 1.54) is 17.5 Å². The van der Waals surface area contributed by atoms with Crippen LogP contribution in [0.2, 0.25) is 0 Å². The number of carbonyl (C=O) groups excluding carboxylic acids is 2. The van der Waals surface area contributed by atoms with E-state index < -0.39 is 17.4 Å². The molecule has 0 aromatic carbocycles. The molecule has 1 atom stereocenters. The monoisotopic (exact) mass is 305 g/mol. The van der Waals surface area contributed by atoms with E-state index in [1.54, 1.807) is 43.1 Å². The lowest BCUT2D eigenvalue weighted by Crippen LogP contribution is -2.50. The maximum absolute atomic E-state index is 12.3. The van der Waals surface area contributed by atoms with Gasteiger partial charge in [0.25, 0.3) is 5.91 Å². The minimum absolute atomic E-state index is 0.223. The fraction of sp³-hybridized carbons (Fsp3) is 0.286. The van der Waals surface area contributed by atoms with Crippen LogP contribution >= 0.6 is 11.3 Å². The van der Waals surface area contributed by atoms with Crippen molar-refractivity contribution in [1.82, 2.24) is 15.3 Å². The number of nitrogens with zero attached hydrogens (tertiary/aromatic N) is 2. The van der Waals surface area contributed by atoms with Crippen LogP contribution in [-0.4, -0.2) is 28.5 Å². The second kappa shape index (κ2) is 6.45. The Kier molecular flexibility index (Phi) is 4.64. The van der Waals surface area contributed by atoms with Gasteiger partial charge in [-0.15, -0.1) is 11.3 Å². The van der Waals surface area contributed by atoms with Gasteiger partial charge in [-0.05, 0) is 19.9 Å². The fourth-order valence-corrected chi connectivity index (χ4v) is 2.32. The number of pyridine rings is 1. The van der Waals surface area contributed by atoms with Gasteiger partial charge in [-0.1, -0.05) is 6.07 Å². The number of rotatable bonds is 5. The zero-order chi connectivity index (χ0) is 15.3. The number of hydrogen-bond donors (Lipinski definition) is 1. The standard InChI is InChI=1S/C14H15N3O3S/c1-3-20-13(19)14(2,10-5-4-6-15-7-10)17-12(18)11-8-21-9-16-11/h4-9H,3H2,1-2H3,(H,17,18)/t14-/m0/s1. The Morgan fingerprint density at radius 2 is 2.29 bits per heavy atom. The second-order valence-corrected chi connectivity index (χ2v) is 5.13. The normalized spacial score (nSPS) is 13.2. The van der Waals surface area contributed by atoms with Gasteiger partial charge >= 0.3 is 5.97 Å². The molecule has 2 aromatic rings. The molecule has 0 spiro atoms. The van der Waals surface area contributed by atoms with Crippen molar-refractivity contribution in [3.05, 3.63) is 46.7 Å². The molecule has 6 nitrogen and oxygen atoms in total. The molecule has 0 bridgehead atoms. The molecule has 21 heavy (non-hydrogen) atoms. The summed E-state index contributed by atoms with van der Waals surface area (Å²) in [5, 5.41) is 4.30. The van der Waals surface area contributed by atoms with E-state index in [1.807, 2.05) is 0 Å². The summed E-state index contributed by atoms with van der Waals surface area (Å²) in [6, 6.07) is 3.41. The average Bonchev–Trinajstić information content (AvgIpc) is 3.02. The van der Waals surface area contributed by atoms with Crippen LogP contribution in [0, 0.1) is 0 Å². The Morgan fingerprint density at radius 1 is 1.48 bits per heavy atom. The number of nitrogens with one attached hydrogen (secondary N) is 1. The van der Waals surface area contributed by atoms with Crippen LogP contribution < -0.4 is 5.32 Å². The van der Waals surface area contributed by atoms with Crippen molar-refractivity contribution in [2.75, 3.05) is 6.61 Å². The van der Waals surface area contributed by atoms with Gasteiger partial charge in [0.15, 0.2) is 5.54 Å². The summed E-state index contributed by atoms with van der Waals surface area (Å²) >= 11 is 1.31. The lowest BCUT2D eigenvalue weighted by Gasteiger charge is -2.28. The number of carbonyl (C=O) groups is 2. The summed E-state index contributed by atoms with van der Waals surface area (Å²) in [7, 11) is 0. The molecule has 0 radical (unpaired) electrons. The molecule has 0 aliphatic carbocycles. The molecule has 1 N–H and O–H groups in total. The summed E-state index contributed by atoms with van der Waals surface area (Å²) < 4.78 is 5.08. The third kappa shape index (κ3) is 3.25. The first-order chi connectivity index (χ1) is 10.1. The van der Waals surface area contributed by atoms with E-state index in [4.69, 9.17) is 4.74 Å². The van der Waals surface area contributed by atoms with Crippen molar-refractivity contribution >= 4 is 23.2 Å². The van der Waals surface area contributed by atoms with Gasteiger partial charge < -0.3 is 10.1 Å². The Morgan fingerprint density at radius 3 is 2.86 bits per heavy atom. The van der Waals surface area contributed by atoms with Crippen LogP contribution in [0.3, 0.4) is 0 Å². The molecular formula is C14H15N3O3S. The highest BCUT2D eigenvalue weighted by molar-refractivity contribution is 7.07. The molecule has 0 saturated heterocycles. The van der Waals surface area contributed by atoms with E-state index in [0.29, 0.717) is 5.56 Å². The lowest BCUT2D eigenvalue weighted by atomic mass is 9.93. The highest BCUT2D eigenvalue weighted by Crippen LogP contribution is 2.22. The van der Waals surface area contributed by atoms with Crippen LogP contribution in [0.4, 0.5) is 0 Å². The summed E-state index contributed by atoms with van der Waals surface area (Å²) in [5.74, 6) is -0.975. The van der Waals surface area contributed by atoms with Crippen molar-refractivity contribution in [1.29, 1.82) is 0 Å². The van der Waals surface area contributed by atoms with E-state index in [2.05, 4.69) is 15.3 Å². The average molecular weight is 305 g/mol. The van der Waals surface area contributed by atoms with Crippen molar-refractivity contribution in [2.24, 2.45) is 0 Å². The molecule has 0 aliphatic heterocycles. The van der Waals surface area contributed by atoms with Crippen LogP contribution in [0.25, 0.3) is 0 Å². The second-order valence-electron chi connectivity index (χ2n) is 4.41. The molecule has 2 heterocycles. The van der Waals surface area contributed by atoms with Gasteiger partial charge in [-0.3, -0.25) is 9.78 Å². The summed E-state index contributed by atoms with van der Waals surface area (Å²) in [6.07, 6.45) is 3.12. The quantitative estimate of drug-likeness (QED) is 0.851. The Labute approximate surface area is 126 Å². The Hall–Kier alpha value is -2.28. The minimum Gasteiger partial charge on any atom is -0.464 e. The fourth-order valence-electron chi connectivity index (χ4n) is 1.79. The van der Waals surface area contributed by atoms with Crippen LogP contribution in [0.15, 0.2) is 35.4 Å². The minimum atomic E-state index is -1.31. The predicted octanol–water partition coefficient (Wildman–Crippen LogP) is 1.75. The molecule has 2 rings (SSSR count). The van der Waals surface area contributed by atoms with E-state index in [9.17, 15) is 9.59 Å². The Bertz CT molecular complexity index is 616. The van der Waals surface area contributed by atoms with Crippen molar-refractivity contribution in [2.45, 2.75) is 19.4 Å². The third-order valence-corrected chi connectivity index (χ3v) is 3.54. The highest BCUT2D eigenvalue weighted by Gasteiger charge is 2.39. The number of hydrogen-bond acceptors (Lipinski definition) is 6. The van der Waals surface area contributed by atoms with Crippen LogP contribution in [0.1, 0.15) is 29.9 Å². The molecule has 0 fully saturated rings. The molecule has 0 saturated carbocycles. The van der Waals surface area contributed by atoms with E-state index in [0.717, 1.165) is 0 Å². The largest absolute Gasteiger partial charge is 0.464 e. The smallest absolute Gasteiger partial charge is 0.336 e. The number of amides is 1. The van der Waals surface area contributed by atoms with Gasteiger partial charge in [0.1, 0.15) is 5.69 Å². The molecule has 1 amide bonds. The number of ether oxygens (including phenoxy) is 1. The number of esters is 1. The third-order valence-electron chi connectivity index (χ3n) is 2.95. The Balaban J connectivity index is 2.32. The van der Waals surface area contributed by atoms with Gasteiger partial charge in [-0.2, -0.15) is 0 Å². The first kappa shape index (κ1) is 15.1. The lowest BCUT2D eigenvalue weighted by molar-refractivity contribution is -0.150. The first-order valence-corrected chi connectivity index (χ1v) is 7.30. The number of thiazole rings is 1. The van der Waals surface area contributed by atoms with Crippen LogP contribution in [0.5, 0.6) is 0 Å². The maximum Gasteiger partial charge on any atom is 0.336 e. The molecule has 2 aromatic heterocycles. The zero-order valence-corrected chi connectivity index (χ0v) is 12.5. The van der Waals surface area contributed by atoms with E-state index in [-0.39, 0.29) is 12.3 Å². The molecule has 0 aliphatic rings. The van der Waals surface area contributed by atoms with Gasteiger partial charge in [0, 0.05) is 23.3 Å². The number of aromatic nitrogens is 2. The van der Waals surface area contributed by atoms with Gasteiger partial charge in [-0.25, -0.2) is 9.78 Å². The van der Waals surface area contributed by atoms with Crippen molar-refractivity contribution in [3.8, 4) is 0 Å². The van der Waals surface area contributed by atoms with Gasteiger partial charge in [0.05, 0.1) is 12.1 Å². The molecule has 0 unspecified atom stereocenters. The first-order valence-electron chi connectivity index (χ1n) is 6.36. The van der Waals surface area contributed by atoms with Crippen LogP contribution in [-0.2, 0) is 15.1 Å². The summed E-state index contributed by atoms with van der Waals surface area (Å²) in [6.45, 7) is 3.53. The topological polar surface area (TPSA) is 81.2 Å². The van der Waals surface area contributed by atoms with E-state index >= 15 is 0 Å². The SMILES string of the molecule is CCOC(=O)[C@@](C)(NC(=O)c1cscn1)c1cccnc1. The van der Waals surface area contributed by atoms with Crippen molar-refractivity contribution in [3.63, 3.8) is 0 Å². The zero-order valence-electron chi connectivity index (χ0n) is 11.7. The van der Waals surface area contributed by atoms with Gasteiger partial charge in [0.2, 0.25) is 0 Å². The highest BCUT2D eigenvalue weighted by atomic mass is 32.1. The summed E-state index contributed by atoms with van der Waals surface area (Å²) in [4.78, 5) is 32.4. The maximum atomic E-state index is 12.3. The molecule has 7 heteroatoms. The van der Waals surface area contributed by atoms with Crippen molar-refractivity contribution < 1.29 is 14.3 Å².